The van der Waals surface area contributed by atoms with E-state index in [1.165, 1.54) is 13.2 Å². The number of halogens is 1. The molecule has 0 saturated heterocycles. The van der Waals surface area contributed by atoms with Gasteiger partial charge in [0.25, 0.3) is 0 Å². The maximum atomic E-state index is 13.4. The summed E-state index contributed by atoms with van der Waals surface area (Å²) in [6.45, 7) is 6.04. The molecule has 1 N–H and O–H groups in total. The molecule has 1 rings (SSSR count). The number of hydrogen-bond donors (Lipinski definition) is 1. The molecule has 0 amide bonds. The zero-order valence-corrected chi connectivity index (χ0v) is 10.6. The van der Waals surface area contributed by atoms with Crippen LogP contribution in [0.5, 0.6) is 5.75 Å². The third kappa shape index (κ3) is 5.15. The van der Waals surface area contributed by atoms with E-state index in [1.807, 2.05) is 19.9 Å². The summed E-state index contributed by atoms with van der Waals surface area (Å²) in [6.07, 6.45) is 0.246. The van der Waals surface area contributed by atoms with Gasteiger partial charge in [0, 0.05) is 13.1 Å². The van der Waals surface area contributed by atoms with E-state index in [2.05, 4.69) is 5.32 Å². The van der Waals surface area contributed by atoms with E-state index in [-0.39, 0.29) is 17.7 Å². The Balaban J connectivity index is 2.30. The van der Waals surface area contributed by atoms with E-state index in [1.54, 1.807) is 6.07 Å². The first-order chi connectivity index (χ1) is 8.13. The molecule has 0 atom stereocenters. The van der Waals surface area contributed by atoms with Crippen molar-refractivity contribution in [1.29, 1.82) is 0 Å². The van der Waals surface area contributed by atoms with E-state index < -0.39 is 0 Å². The fourth-order valence-electron chi connectivity index (χ4n) is 1.42. The van der Waals surface area contributed by atoms with E-state index in [4.69, 9.17) is 9.47 Å². The standard InChI is InChI=1S/C13H20FNO2/c1-10(2)17-7-6-15-9-11-4-5-13(16-3)12(14)8-11/h4-5,8,10,15H,6-7,9H2,1-3H3. The Bertz CT molecular complexity index is 342. The zero-order valence-electron chi connectivity index (χ0n) is 10.6. The molecule has 0 fully saturated rings. The van der Waals surface area contributed by atoms with Crippen LogP contribution in [-0.4, -0.2) is 26.4 Å². The summed E-state index contributed by atoms with van der Waals surface area (Å²) < 4.78 is 23.6. The largest absolute Gasteiger partial charge is 0.494 e. The molecule has 0 saturated carbocycles. The summed E-state index contributed by atoms with van der Waals surface area (Å²) in [5, 5.41) is 3.19. The van der Waals surface area contributed by atoms with Gasteiger partial charge in [0.15, 0.2) is 11.6 Å². The fraction of sp³-hybridized carbons (Fsp3) is 0.538. The van der Waals surface area contributed by atoms with Gasteiger partial charge < -0.3 is 14.8 Å². The third-order valence-electron chi connectivity index (χ3n) is 2.28. The maximum absolute atomic E-state index is 13.4. The van der Waals surface area contributed by atoms with Crippen LogP contribution in [0.2, 0.25) is 0 Å². The van der Waals surface area contributed by atoms with Crippen LogP contribution in [0.3, 0.4) is 0 Å². The highest BCUT2D eigenvalue weighted by atomic mass is 19.1. The lowest BCUT2D eigenvalue weighted by molar-refractivity contribution is 0.0807. The molecule has 0 unspecified atom stereocenters. The average molecular weight is 241 g/mol. The predicted molar refractivity (Wildman–Crippen MR) is 65.7 cm³/mol. The smallest absolute Gasteiger partial charge is 0.165 e. The van der Waals surface area contributed by atoms with Gasteiger partial charge in [0.1, 0.15) is 0 Å². The van der Waals surface area contributed by atoms with Crippen LogP contribution >= 0.6 is 0 Å². The third-order valence-corrected chi connectivity index (χ3v) is 2.28. The van der Waals surface area contributed by atoms with Crippen molar-refractivity contribution in [2.24, 2.45) is 0 Å². The van der Waals surface area contributed by atoms with Gasteiger partial charge in [-0.1, -0.05) is 6.07 Å². The first-order valence-corrected chi connectivity index (χ1v) is 5.78. The number of hydrogen-bond acceptors (Lipinski definition) is 3. The lowest BCUT2D eigenvalue weighted by Gasteiger charge is -2.09. The van der Waals surface area contributed by atoms with Gasteiger partial charge in [-0.3, -0.25) is 0 Å². The number of nitrogens with one attached hydrogen (secondary N) is 1. The van der Waals surface area contributed by atoms with Crippen molar-refractivity contribution in [3.63, 3.8) is 0 Å². The Morgan fingerprint density at radius 3 is 2.71 bits per heavy atom. The monoisotopic (exact) mass is 241 g/mol. The molecule has 0 spiro atoms. The average Bonchev–Trinajstić information content (AvgIpc) is 2.28. The van der Waals surface area contributed by atoms with Gasteiger partial charge >= 0.3 is 0 Å². The normalized spacial score (nSPS) is 10.9. The molecular formula is C13H20FNO2. The summed E-state index contributed by atoms with van der Waals surface area (Å²) in [5.41, 5.74) is 0.896. The quantitative estimate of drug-likeness (QED) is 0.743. The molecular weight excluding hydrogens is 221 g/mol. The number of ether oxygens (including phenoxy) is 2. The van der Waals surface area contributed by atoms with Crippen molar-refractivity contribution in [2.75, 3.05) is 20.3 Å². The summed E-state index contributed by atoms with van der Waals surface area (Å²) in [6, 6.07) is 4.96. The van der Waals surface area contributed by atoms with Gasteiger partial charge in [-0.2, -0.15) is 0 Å². The van der Waals surface area contributed by atoms with Crippen molar-refractivity contribution in [3.8, 4) is 5.75 Å². The van der Waals surface area contributed by atoms with Gasteiger partial charge in [-0.05, 0) is 31.5 Å². The molecule has 0 bridgehead atoms. The highest BCUT2D eigenvalue weighted by Crippen LogP contribution is 2.17. The van der Waals surface area contributed by atoms with Gasteiger partial charge in [0.2, 0.25) is 0 Å². The molecule has 17 heavy (non-hydrogen) atoms. The van der Waals surface area contributed by atoms with Crippen molar-refractivity contribution in [3.05, 3.63) is 29.6 Å². The van der Waals surface area contributed by atoms with Crippen LogP contribution in [0.4, 0.5) is 4.39 Å². The van der Waals surface area contributed by atoms with E-state index in [9.17, 15) is 4.39 Å². The fourth-order valence-corrected chi connectivity index (χ4v) is 1.42. The van der Waals surface area contributed by atoms with Gasteiger partial charge in [-0.25, -0.2) is 4.39 Å². The molecule has 0 aliphatic heterocycles. The van der Waals surface area contributed by atoms with Crippen molar-refractivity contribution in [2.45, 2.75) is 26.5 Å². The van der Waals surface area contributed by atoms with Crippen molar-refractivity contribution >= 4 is 0 Å². The predicted octanol–water partition coefficient (Wildman–Crippen LogP) is 2.35. The van der Waals surface area contributed by atoms with E-state index in [0.717, 1.165) is 12.1 Å². The molecule has 1 aromatic rings. The number of benzene rings is 1. The first kappa shape index (κ1) is 13.9. The Hall–Kier alpha value is -1.13. The van der Waals surface area contributed by atoms with Gasteiger partial charge in [0.05, 0.1) is 19.8 Å². The molecule has 96 valence electrons. The highest BCUT2D eigenvalue weighted by Gasteiger charge is 2.02. The molecule has 3 nitrogen and oxygen atoms in total. The van der Waals surface area contributed by atoms with Crippen molar-refractivity contribution in [1.82, 2.24) is 5.32 Å². The molecule has 0 aliphatic rings. The van der Waals surface area contributed by atoms with E-state index in [0.29, 0.717) is 13.2 Å². The Morgan fingerprint density at radius 1 is 1.35 bits per heavy atom. The van der Waals surface area contributed by atoms with Crippen LogP contribution in [0.25, 0.3) is 0 Å². The summed E-state index contributed by atoms with van der Waals surface area (Å²) in [5.74, 6) is -0.0536. The minimum atomic E-state index is -0.328. The van der Waals surface area contributed by atoms with E-state index >= 15 is 0 Å². The minimum Gasteiger partial charge on any atom is -0.494 e. The highest BCUT2D eigenvalue weighted by molar-refractivity contribution is 5.29. The number of rotatable bonds is 7. The van der Waals surface area contributed by atoms with Crippen LogP contribution in [0.1, 0.15) is 19.4 Å². The second-order valence-electron chi connectivity index (χ2n) is 4.07. The first-order valence-electron chi connectivity index (χ1n) is 5.78. The molecule has 0 radical (unpaired) electrons. The Labute approximate surface area is 102 Å². The molecule has 1 aromatic carbocycles. The second kappa shape index (κ2) is 7.25. The molecule has 4 heteroatoms. The molecule has 0 heterocycles. The SMILES string of the molecule is COc1ccc(CNCCOC(C)C)cc1F. The second-order valence-corrected chi connectivity index (χ2v) is 4.07. The lowest BCUT2D eigenvalue weighted by Crippen LogP contribution is -2.21. The zero-order chi connectivity index (χ0) is 12.7. The maximum Gasteiger partial charge on any atom is 0.165 e. The van der Waals surface area contributed by atoms with Gasteiger partial charge in [-0.15, -0.1) is 0 Å². The van der Waals surface area contributed by atoms with Crippen molar-refractivity contribution < 1.29 is 13.9 Å². The molecule has 0 aliphatic carbocycles. The lowest BCUT2D eigenvalue weighted by atomic mass is 10.2. The van der Waals surface area contributed by atoms with Crippen LogP contribution in [-0.2, 0) is 11.3 Å². The summed E-state index contributed by atoms with van der Waals surface area (Å²) in [4.78, 5) is 0. The van der Waals surface area contributed by atoms with Crippen LogP contribution < -0.4 is 10.1 Å². The topological polar surface area (TPSA) is 30.5 Å². The number of methoxy groups -OCH3 is 1. The van der Waals surface area contributed by atoms with Crippen LogP contribution in [0, 0.1) is 5.82 Å². The molecule has 0 aromatic heterocycles. The summed E-state index contributed by atoms with van der Waals surface area (Å²) >= 11 is 0. The summed E-state index contributed by atoms with van der Waals surface area (Å²) in [7, 11) is 1.46. The Morgan fingerprint density at radius 2 is 2.12 bits per heavy atom. The van der Waals surface area contributed by atoms with Crippen LogP contribution in [0.15, 0.2) is 18.2 Å². The minimum absolute atomic E-state index is 0.246. The Kier molecular flexibility index (Phi) is 5.94.